The van der Waals surface area contributed by atoms with Crippen molar-refractivity contribution in [3.05, 3.63) is 59.7 Å². The maximum atomic E-state index is 12.7. The Hall–Kier alpha value is -2.30. The van der Waals surface area contributed by atoms with Crippen LogP contribution in [-0.2, 0) is 6.18 Å². The molecule has 23 heavy (non-hydrogen) atoms. The Balaban J connectivity index is 1.95. The third-order valence-corrected chi connectivity index (χ3v) is 4.07. The quantitative estimate of drug-likeness (QED) is 0.791. The van der Waals surface area contributed by atoms with Gasteiger partial charge in [0, 0.05) is 18.7 Å². The predicted octanol–water partition coefficient (Wildman–Crippen LogP) is 4.61. The third-order valence-electron chi connectivity index (χ3n) is 4.07. The van der Waals surface area contributed by atoms with E-state index in [9.17, 15) is 18.0 Å². The fourth-order valence-electron chi connectivity index (χ4n) is 2.85. The molecule has 2 nitrogen and oxygen atoms in total. The Kier molecular flexibility index (Phi) is 4.11. The second-order valence-electron chi connectivity index (χ2n) is 5.62. The standard InChI is InChI=1S/C18H16F3NO/c19-18(20,21)14-9-7-13(8-10-14)15-5-1-2-6-16(15)17(23)22-11-3-4-12-22/h1-2,5-10H,3-4,11-12H2. The largest absolute Gasteiger partial charge is 0.416 e. The molecule has 1 amide bonds. The average Bonchev–Trinajstić information content (AvgIpc) is 3.08. The molecular weight excluding hydrogens is 303 g/mol. The first-order valence-electron chi connectivity index (χ1n) is 7.53. The fraction of sp³-hybridized carbons (Fsp3) is 0.278. The van der Waals surface area contributed by atoms with Crippen molar-refractivity contribution in [1.29, 1.82) is 0 Å². The summed E-state index contributed by atoms with van der Waals surface area (Å²) in [6.07, 6.45) is -2.37. The number of hydrogen-bond donors (Lipinski definition) is 0. The normalized spacial score (nSPS) is 15.0. The first-order valence-corrected chi connectivity index (χ1v) is 7.53. The van der Waals surface area contributed by atoms with Crippen molar-refractivity contribution in [3.8, 4) is 11.1 Å². The van der Waals surface area contributed by atoms with E-state index in [4.69, 9.17) is 0 Å². The lowest BCUT2D eigenvalue weighted by atomic mass is 9.98. The lowest BCUT2D eigenvalue weighted by Crippen LogP contribution is -2.28. The number of carbonyl (C=O) groups is 1. The van der Waals surface area contributed by atoms with Gasteiger partial charge < -0.3 is 4.90 Å². The van der Waals surface area contributed by atoms with Crippen LogP contribution in [0, 0.1) is 0 Å². The van der Waals surface area contributed by atoms with E-state index in [1.807, 2.05) is 0 Å². The van der Waals surface area contributed by atoms with E-state index in [1.54, 1.807) is 29.2 Å². The molecule has 1 heterocycles. The highest BCUT2D eigenvalue weighted by molar-refractivity contribution is 6.01. The van der Waals surface area contributed by atoms with Gasteiger partial charge in [0.1, 0.15) is 0 Å². The number of alkyl halides is 3. The third kappa shape index (κ3) is 3.23. The minimum atomic E-state index is -4.36. The molecule has 0 unspecified atom stereocenters. The van der Waals surface area contributed by atoms with Gasteiger partial charge >= 0.3 is 6.18 Å². The van der Waals surface area contributed by atoms with Crippen LogP contribution in [0.1, 0.15) is 28.8 Å². The van der Waals surface area contributed by atoms with Gasteiger partial charge in [0.25, 0.3) is 5.91 Å². The summed E-state index contributed by atoms with van der Waals surface area (Å²) in [6, 6.07) is 12.0. The predicted molar refractivity (Wildman–Crippen MR) is 82.0 cm³/mol. The molecule has 1 saturated heterocycles. The van der Waals surface area contributed by atoms with Gasteiger partial charge in [0.2, 0.25) is 0 Å². The van der Waals surface area contributed by atoms with Crippen molar-refractivity contribution in [1.82, 2.24) is 4.90 Å². The van der Waals surface area contributed by atoms with Crippen LogP contribution in [0.2, 0.25) is 0 Å². The summed E-state index contributed by atoms with van der Waals surface area (Å²) in [5.41, 5.74) is 1.12. The molecule has 1 fully saturated rings. The number of hydrogen-bond acceptors (Lipinski definition) is 1. The van der Waals surface area contributed by atoms with Crippen molar-refractivity contribution < 1.29 is 18.0 Å². The molecular formula is C18H16F3NO. The number of amides is 1. The van der Waals surface area contributed by atoms with Crippen LogP contribution >= 0.6 is 0 Å². The highest BCUT2D eigenvalue weighted by atomic mass is 19.4. The molecule has 3 rings (SSSR count). The second-order valence-corrected chi connectivity index (χ2v) is 5.62. The van der Waals surface area contributed by atoms with Crippen LogP contribution in [0.4, 0.5) is 13.2 Å². The summed E-state index contributed by atoms with van der Waals surface area (Å²) in [6.45, 7) is 1.47. The van der Waals surface area contributed by atoms with Crippen molar-refractivity contribution in [2.24, 2.45) is 0 Å². The van der Waals surface area contributed by atoms with Gasteiger partial charge in [-0.15, -0.1) is 0 Å². The number of likely N-dealkylation sites (tertiary alicyclic amines) is 1. The summed E-state index contributed by atoms with van der Waals surface area (Å²) in [4.78, 5) is 14.4. The maximum absolute atomic E-state index is 12.7. The zero-order chi connectivity index (χ0) is 16.4. The van der Waals surface area contributed by atoms with E-state index < -0.39 is 11.7 Å². The van der Waals surface area contributed by atoms with Crippen LogP contribution in [0.5, 0.6) is 0 Å². The SMILES string of the molecule is O=C(c1ccccc1-c1ccc(C(F)(F)F)cc1)N1CCCC1. The van der Waals surface area contributed by atoms with Gasteiger partial charge in [-0.05, 0) is 42.2 Å². The van der Waals surface area contributed by atoms with Gasteiger partial charge in [-0.3, -0.25) is 4.79 Å². The Labute approximate surface area is 132 Å². The van der Waals surface area contributed by atoms with Crippen LogP contribution in [-0.4, -0.2) is 23.9 Å². The highest BCUT2D eigenvalue weighted by Gasteiger charge is 2.30. The minimum absolute atomic E-state index is 0.0574. The summed E-state index contributed by atoms with van der Waals surface area (Å²) in [5, 5.41) is 0. The molecule has 0 saturated carbocycles. The Morgan fingerprint density at radius 1 is 0.913 bits per heavy atom. The first-order chi connectivity index (χ1) is 11.0. The number of halogens is 3. The molecule has 0 spiro atoms. The van der Waals surface area contributed by atoms with Gasteiger partial charge in [-0.25, -0.2) is 0 Å². The molecule has 5 heteroatoms. The van der Waals surface area contributed by atoms with Gasteiger partial charge in [-0.2, -0.15) is 13.2 Å². The molecule has 0 aromatic heterocycles. The lowest BCUT2D eigenvalue weighted by molar-refractivity contribution is -0.137. The van der Waals surface area contributed by atoms with Gasteiger partial charge in [0.15, 0.2) is 0 Å². The highest BCUT2D eigenvalue weighted by Crippen LogP contribution is 2.32. The molecule has 0 aliphatic carbocycles. The molecule has 1 aliphatic rings. The van der Waals surface area contributed by atoms with E-state index in [1.165, 1.54) is 12.1 Å². The molecule has 0 radical (unpaired) electrons. The smallest absolute Gasteiger partial charge is 0.339 e. The summed E-state index contributed by atoms with van der Waals surface area (Å²) in [7, 11) is 0. The van der Waals surface area contributed by atoms with Crippen LogP contribution in [0.25, 0.3) is 11.1 Å². The first kappa shape index (κ1) is 15.6. The molecule has 0 bridgehead atoms. The van der Waals surface area contributed by atoms with E-state index in [0.29, 0.717) is 16.7 Å². The van der Waals surface area contributed by atoms with Gasteiger partial charge in [0.05, 0.1) is 5.56 Å². The average molecular weight is 319 g/mol. The lowest BCUT2D eigenvalue weighted by Gasteiger charge is -2.18. The van der Waals surface area contributed by atoms with Gasteiger partial charge in [-0.1, -0.05) is 30.3 Å². The van der Waals surface area contributed by atoms with Crippen LogP contribution < -0.4 is 0 Å². The summed E-state index contributed by atoms with van der Waals surface area (Å²) < 4.78 is 38.0. The molecule has 0 atom stereocenters. The monoisotopic (exact) mass is 319 g/mol. The molecule has 2 aromatic rings. The van der Waals surface area contributed by atoms with E-state index >= 15 is 0 Å². The van der Waals surface area contributed by atoms with Crippen molar-refractivity contribution >= 4 is 5.91 Å². The number of benzene rings is 2. The molecule has 1 aliphatic heterocycles. The summed E-state index contributed by atoms with van der Waals surface area (Å²) in [5.74, 6) is -0.0574. The van der Waals surface area contributed by atoms with Crippen LogP contribution in [0.15, 0.2) is 48.5 Å². The number of carbonyl (C=O) groups excluding carboxylic acids is 1. The van der Waals surface area contributed by atoms with Crippen molar-refractivity contribution in [3.63, 3.8) is 0 Å². The van der Waals surface area contributed by atoms with E-state index in [-0.39, 0.29) is 5.91 Å². The number of rotatable bonds is 2. The molecule has 0 N–H and O–H groups in total. The topological polar surface area (TPSA) is 20.3 Å². The Morgan fingerprint density at radius 2 is 1.52 bits per heavy atom. The Bertz CT molecular complexity index is 701. The van der Waals surface area contributed by atoms with Crippen LogP contribution in [0.3, 0.4) is 0 Å². The minimum Gasteiger partial charge on any atom is -0.339 e. The zero-order valence-corrected chi connectivity index (χ0v) is 12.4. The van der Waals surface area contributed by atoms with Crippen molar-refractivity contribution in [2.75, 3.05) is 13.1 Å². The molecule has 120 valence electrons. The maximum Gasteiger partial charge on any atom is 0.416 e. The van der Waals surface area contributed by atoms with E-state index in [2.05, 4.69) is 0 Å². The molecule has 2 aromatic carbocycles. The fourth-order valence-corrected chi connectivity index (χ4v) is 2.85. The Morgan fingerprint density at radius 3 is 2.13 bits per heavy atom. The van der Waals surface area contributed by atoms with Crippen molar-refractivity contribution in [2.45, 2.75) is 19.0 Å². The van der Waals surface area contributed by atoms with E-state index in [0.717, 1.165) is 38.1 Å². The zero-order valence-electron chi connectivity index (χ0n) is 12.4. The second kappa shape index (κ2) is 6.07. The number of nitrogens with zero attached hydrogens (tertiary/aromatic N) is 1. The summed E-state index contributed by atoms with van der Waals surface area (Å²) >= 11 is 0.